The zero-order valence-electron chi connectivity index (χ0n) is 10.7. The van der Waals surface area contributed by atoms with Gasteiger partial charge in [0.15, 0.2) is 0 Å². The number of ether oxygens (including phenoxy) is 1. The molecule has 90 valence electrons. The molecule has 0 saturated carbocycles. The summed E-state index contributed by atoms with van der Waals surface area (Å²) in [6.45, 7) is 6.71. The van der Waals surface area contributed by atoms with E-state index in [0.29, 0.717) is 11.8 Å². The van der Waals surface area contributed by atoms with E-state index < -0.39 is 0 Å². The highest BCUT2D eigenvalue weighted by Gasteiger charge is 2.11. The van der Waals surface area contributed by atoms with Crippen LogP contribution in [0.4, 0.5) is 0 Å². The van der Waals surface area contributed by atoms with Gasteiger partial charge in [0.1, 0.15) is 5.75 Å². The molecular formula is C14H22O2. The predicted molar refractivity (Wildman–Crippen MR) is 67.2 cm³/mol. The van der Waals surface area contributed by atoms with Gasteiger partial charge < -0.3 is 9.84 Å². The van der Waals surface area contributed by atoms with E-state index in [-0.39, 0.29) is 6.61 Å². The molecule has 0 heterocycles. The SMILES string of the molecule is COc1ccc(C(C)CCO)cc1C(C)C. The van der Waals surface area contributed by atoms with Crippen LogP contribution >= 0.6 is 0 Å². The Balaban J connectivity index is 3.01. The lowest BCUT2D eigenvalue weighted by molar-refractivity contribution is 0.278. The minimum Gasteiger partial charge on any atom is -0.496 e. The maximum absolute atomic E-state index is 8.95. The molecule has 0 aliphatic rings. The molecule has 1 rings (SSSR count). The fourth-order valence-electron chi connectivity index (χ4n) is 1.87. The molecule has 0 aromatic heterocycles. The first kappa shape index (κ1) is 13.0. The minimum atomic E-state index is 0.240. The van der Waals surface area contributed by atoms with Crippen LogP contribution in [0.1, 0.15) is 50.2 Å². The molecular weight excluding hydrogens is 200 g/mol. The molecule has 1 atom stereocenters. The van der Waals surface area contributed by atoms with Crippen LogP contribution in [0.25, 0.3) is 0 Å². The van der Waals surface area contributed by atoms with Crippen molar-refractivity contribution in [3.05, 3.63) is 29.3 Å². The molecule has 16 heavy (non-hydrogen) atoms. The van der Waals surface area contributed by atoms with Gasteiger partial charge in [-0.3, -0.25) is 0 Å². The summed E-state index contributed by atoms with van der Waals surface area (Å²) in [5.74, 6) is 1.81. The maximum Gasteiger partial charge on any atom is 0.122 e. The fraction of sp³-hybridized carbons (Fsp3) is 0.571. The Kier molecular flexibility index (Phi) is 4.81. The van der Waals surface area contributed by atoms with Crippen molar-refractivity contribution in [3.63, 3.8) is 0 Å². The smallest absolute Gasteiger partial charge is 0.122 e. The van der Waals surface area contributed by atoms with E-state index >= 15 is 0 Å². The molecule has 0 spiro atoms. The van der Waals surface area contributed by atoms with Crippen molar-refractivity contribution in [1.82, 2.24) is 0 Å². The summed E-state index contributed by atoms with van der Waals surface area (Å²) in [5.41, 5.74) is 2.52. The molecule has 1 N–H and O–H groups in total. The molecule has 0 saturated heterocycles. The topological polar surface area (TPSA) is 29.5 Å². The molecule has 2 heteroatoms. The van der Waals surface area contributed by atoms with E-state index in [1.54, 1.807) is 7.11 Å². The second-order valence-electron chi connectivity index (χ2n) is 4.57. The monoisotopic (exact) mass is 222 g/mol. The lowest BCUT2D eigenvalue weighted by Crippen LogP contribution is -2.00. The first-order chi connectivity index (χ1) is 7.60. The van der Waals surface area contributed by atoms with E-state index in [0.717, 1.165) is 12.2 Å². The Bertz CT molecular complexity index is 332. The normalized spacial score (nSPS) is 12.9. The van der Waals surface area contributed by atoms with Crippen LogP contribution in [0.5, 0.6) is 5.75 Å². The molecule has 1 aromatic carbocycles. The highest BCUT2D eigenvalue weighted by Crippen LogP contribution is 2.30. The summed E-state index contributed by atoms with van der Waals surface area (Å²) in [6, 6.07) is 6.31. The van der Waals surface area contributed by atoms with E-state index in [1.807, 2.05) is 6.07 Å². The second-order valence-corrected chi connectivity index (χ2v) is 4.57. The lowest BCUT2D eigenvalue weighted by atomic mass is 9.92. The molecule has 0 fully saturated rings. The first-order valence-electron chi connectivity index (χ1n) is 5.88. The number of rotatable bonds is 5. The number of methoxy groups -OCH3 is 1. The number of hydrogen-bond donors (Lipinski definition) is 1. The van der Waals surface area contributed by atoms with Crippen LogP contribution in [0.2, 0.25) is 0 Å². The Labute approximate surface area is 98.3 Å². The fourth-order valence-corrected chi connectivity index (χ4v) is 1.87. The van der Waals surface area contributed by atoms with E-state index in [2.05, 4.69) is 32.9 Å². The van der Waals surface area contributed by atoms with Gasteiger partial charge in [-0.1, -0.05) is 32.9 Å². The van der Waals surface area contributed by atoms with Crippen molar-refractivity contribution < 1.29 is 9.84 Å². The number of aliphatic hydroxyl groups is 1. The quantitative estimate of drug-likeness (QED) is 0.828. The summed E-state index contributed by atoms with van der Waals surface area (Å²) >= 11 is 0. The van der Waals surface area contributed by atoms with Gasteiger partial charge in [0.25, 0.3) is 0 Å². The Morgan fingerprint density at radius 2 is 1.94 bits per heavy atom. The second kappa shape index (κ2) is 5.90. The Hall–Kier alpha value is -1.02. The van der Waals surface area contributed by atoms with Crippen LogP contribution in [0.15, 0.2) is 18.2 Å². The van der Waals surface area contributed by atoms with Gasteiger partial charge >= 0.3 is 0 Å². The molecule has 1 unspecified atom stereocenters. The summed E-state index contributed by atoms with van der Waals surface area (Å²) < 4.78 is 5.35. The number of aliphatic hydroxyl groups excluding tert-OH is 1. The van der Waals surface area contributed by atoms with Crippen molar-refractivity contribution in [2.75, 3.05) is 13.7 Å². The average Bonchev–Trinajstić information content (AvgIpc) is 2.28. The number of benzene rings is 1. The highest BCUT2D eigenvalue weighted by atomic mass is 16.5. The summed E-state index contributed by atoms with van der Waals surface area (Å²) in [4.78, 5) is 0. The van der Waals surface area contributed by atoms with Gasteiger partial charge in [-0.05, 0) is 35.4 Å². The van der Waals surface area contributed by atoms with Gasteiger partial charge in [0.2, 0.25) is 0 Å². The van der Waals surface area contributed by atoms with Crippen molar-refractivity contribution in [3.8, 4) is 5.75 Å². The van der Waals surface area contributed by atoms with Crippen LogP contribution < -0.4 is 4.74 Å². The number of hydrogen-bond acceptors (Lipinski definition) is 2. The average molecular weight is 222 g/mol. The molecule has 2 nitrogen and oxygen atoms in total. The summed E-state index contributed by atoms with van der Waals surface area (Å²) in [6.07, 6.45) is 0.809. The third kappa shape index (κ3) is 2.99. The largest absolute Gasteiger partial charge is 0.496 e. The lowest BCUT2D eigenvalue weighted by Gasteiger charge is -2.16. The summed E-state index contributed by atoms with van der Waals surface area (Å²) in [7, 11) is 1.71. The molecule has 0 bridgehead atoms. The summed E-state index contributed by atoms with van der Waals surface area (Å²) in [5, 5.41) is 8.95. The zero-order valence-corrected chi connectivity index (χ0v) is 10.7. The van der Waals surface area contributed by atoms with Crippen molar-refractivity contribution >= 4 is 0 Å². The minimum absolute atomic E-state index is 0.240. The van der Waals surface area contributed by atoms with E-state index in [4.69, 9.17) is 9.84 Å². The third-order valence-electron chi connectivity index (χ3n) is 3.01. The predicted octanol–water partition coefficient (Wildman–Crippen LogP) is 3.30. The van der Waals surface area contributed by atoms with Gasteiger partial charge in [-0.2, -0.15) is 0 Å². The first-order valence-corrected chi connectivity index (χ1v) is 5.88. The van der Waals surface area contributed by atoms with Crippen molar-refractivity contribution in [2.45, 2.75) is 39.0 Å². The zero-order chi connectivity index (χ0) is 12.1. The maximum atomic E-state index is 8.95. The van der Waals surface area contributed by atoms with Crippen molar-refractivity contribution in [2.24, 2.45) is 0 Å². The van der Waals surface area contributed by atoms with Crippen LogP contribution in [0.3, 0.4) is 0 Å². The van der Waals surface area contributed by atoms with Gasteiger partial charge in [0.05, 0.1) is 7.11 Å². The molecule has 0 aliphatic carbocycles. The van der Waals surface area contributed by atoms with E-state index in [1.165, 1.54) is 11.1 Å². The van der Waals surface area contributed by atoms with E-state index in [9.17, 15) is 0 Å². The van der Waals surface area contributed by atoms with Crippen LogP contribution in [-0.2, 0) is 0 Å². The molecule has 0 amide bonds. The van der Waals surface area contributed by atoms with Crippen LogP contribution in [-0.4, -0.2) is 18.8 Å². The van der Waals surface area contributed by atoms with Gasteiger partial charge in [0, 0.05) is 6.61 Å². The standard InChI is InChI=1S/C14H22O2/c1-10(2)13-9-12(11(3)7-8-15)5-6-14(13)16-4/h5-6,9-11,15H,7-8H2,1-4H3. The van der Waals surface area contributed by atoms with Crippen LogP contribution in [0, 0.1) is 0 Å². The van der Waals surface area contributed by atoms with Gasteiger partial charge in [-0.15, -0.1) is 0 Å². The Morgan fingerprint density at radius 1 is 1.25 bits per heavy atom. The molecule has 1 aromatic rings. The van der Waals surface area contributed by atoms with Gasteiger partial charge in [-0.25, -0.2) is 0 Å². The highest BCUT2D eigenvalue weighted by molar-refractivity contribution is 5.40. The molecule has 0 radical (unpaired) electrons. The Morgan fingerprint density at radius 3 is 2.44 bits per heavy atom. The van der Waals surface area contributed by atoms with Crippen molar-refractivity contribution in [1.29, 1.82) is 0 Å². The molecule has 0 aliphatic heterocycles. The third-order valence-corrected chi connectivity index (χ3v) is 3.01.